The van der Waals surface area contributed by atoms with Gasteiger partial charge in [-0.1, -0.05) is 18.2 Å². The van der Waals surface area contributed by atoms with Gasteiger partial charge in [0.25, 0.3) is 0 Å². The van der Waals surface area contributed by atoms with Crippen LogP contribution in [0.1, 0.15) is 28.3 Å². The van der Waals surface area contributed by atoms with Crippen LogP contribution in [0, 0.1) is 13.8 Å². The molecule has 30 heavy (non-hydrogen) atoms. The topological polar surface area (TPSA) is 162 Å². The first-order valence-corrected chi connectivity index (χ1v) is 11.0. The summed E-state index contributed by atoms with van der Waals surface area (Å²) in [5.41, 5.74) is 2.84. The summed E-state index contributed by atoms with van der Waals surface area (Å²) < 4.78 is 45.4. The molecule has 0 radical (unpaired) electrons. The van der Waals surface area contributed by atoms with Crippen molar-refractivity contribution >= 4 is 21.4 Å². The van der Waals surface area contributed by atoms with Gasteiger partial charge in [-0.05, 0) is 54.3 Å². The van der Waals surface area contributed by atoms with Crippen LogP contribution in [0.2, 0.25) is 0 Å². The van der Waals surface area contributed by atoms with Gasteiger partial charge < -0.3 is 4.18 Å². The summed E-state index contributed by atoms with van der Waals surface area (Å²) in [6.07, 6.45) is 2.96. The van der Waals surface area contributed by atoms with Crippen LogP contribution in [-0.4, -0.2) is 27.4 Å². The van der Waals surface area contributed by atoms with Gasteiger partial charge in [-0.15, -0.1) is 9.32 Å². The maximum Gasteiger partial charge on any atom is 0.380 e. The van der Waals surface area contributed by atoms with Crippen LogP contribution in [0.3, 0.4) is 0 Å². The van der Waals surface area contributed by atoms with Crippen LogP contribution in [0.5, 0.6) is 5.75 Å². The van der Waals surface area contributed by atoms with E-state index < -0.39 is 27.4 Å². The van der Waals surface area contributed by atoms with Crippen molar-refractivity contribution in [2.75, 3.05) is 0 Å². The van der Waals surface area contributed by atoms with E-state index in [4.69, 9.17) is 15.2 Å². The van der Waals surface area contributed by atoms with Crippen molar-refractivity contribution in [2.45, 2.75) is 24.8 Å². The van der Waals surface area contributed by atoms with Gasteiger partial charge in [0.1, 0.15) is 24.4 Å². The third-order valence-electron chi connectivity index (χ3n) is 4.22. The van der Waals surface area contributed by atoms with E-state index in [0.717, 1.165) is 11.1 Å². The molecule has 1 aromatic heterocycles. The van der Waals surface area contributed by atoms with E-state index in [1.54, 1.807) is 49.1 Å². The van der Waals surface area contributed by atoms with E-state index >= 15 is 0 Å². The van der Waals surface area contributed by atoms with Crippen LogP contribution < -0.4 is 15.2 Å². The summed E-state index contributed by atoms with van der Waals surface area (Å²) >= 11 is -1.88. The molecular weight excluding hydrogens is 434 g/mol. The Morgan fingerprint density at radius 2 is 1.77 bits per heavy atom. The molecule has 3 rings (SSSR count). The molecule has 2 aromatic carbocycles. The fourth-order valence-electron chi connectivity index (χ4n) is 3.01. The molecule has 0 spiro atoms. The molecule has 13 heteroatoms. The highest BCUT2D eigenvalue weighted by Crippen LogP contribution is 2.31. The molecule has 1 heterocycles. The fraction of sp³-hybridized carbons (Fsp3) is 0.176. The zero-order valence-corrected chi connectivity index (χ0v) is 17.6. The lowest BCUT2D eigenvalue weighted by molar-refractivity contribution is -0.201. The molecule has 0 bridgehead atoms. The highest BCUT2D eigenvalue weighted by molar-refractivity contribution is 7.84. The molecule has 0 amide bonds. The molecule has 2 unspecified atom stereocenters. The van der Waals surface area contributed by atoms with E-state index in [0.29, 0.717) is 16.0 Å². The lowest BCUT2D eigenvalue weighted by atomic mass is 9.96. The zero-order valence-electron chi connectivity index (χ0n) is 16.0. The first-order chi connectivity index (χ1) is 14.2. The summed E-state index contributed by atoms with van der Waals surface area (Å²) in [6, 6.07) is 9.80. The Kier molecular flexibility index (Phi) is 6.60. The Bertz CT molecular complexity index is 1170. The standard InChI is InChI=1S/C17H19N5O6S2/c1-11-7-13(3-5-15(11)26-30(19,24)25)17(22-10-20-9-21-22)14-4-6-16(12(2)8-14)29(23)28-27-18/h3-10,17H,18H2,1-2H3,(H2,19,24,25). The third kappa shape index (κ3) is 5.08. The Labute approximate surface area is 175 Å². The van der Waals surface area contributed by atoms with Crippen LogP contribution in [0.15, 0.2) is 53.9 Å². The number of aromatic nitrogens is 3. The van der Waals surface area contributed by atoms with Crippen molar-refractivity contribution in [3.63, 3.8) is 0 Å². The molecule has 0 aliphatic rings. The Morgan fingerprint density at radius 3 is 2.30 bits per heavy atom. The summed E-state index contributed by atoms with van der Waals surface area (Å²) in [5, 5.41) is 9.19. The minimum absolute atomic E-state index is 0.124. The predicted octanol–water partition coefficient (Wildman–Crippen LogP) is 0.959. The van der Waals surface area contributed by atoms with Gasteiger partial charge in [0.05, 0.1) is 4.90 Å². The third-order valence-corrected chi connectivity index (χ3v) is 5.65. The second kappa shape index (κ2) is 8.99. The molecule has 3 aromatic rings. The van der Waals surface area contributed by atoms with Crippen LogP contribution in [-0.2, 0) is 30.7 Å². The molecular formula is C17H19N5O6S2. The normalized spacial score (nSPS) is 13.7. The number of benzene rings is 2. The van der Waals surface area contributed by atoms with Gasteiger partial charge in [-0.25, -0.2) is 13.9 Å². The minimum atomic E-state index is -4.14. The van der Waals surface area contributed by atoms with E-state index in [1.165, 1.54) is 12.4 Å². The Balaban J connectivity index is 2.05. The summed E-state index contributed by atoms with van der Waals surface area (Å²) in [6.45, 7) is 3.47. The zero-order chi connectivity index (χ0) is 21.9. The first-order valence-electron chi connectivity index (χ1n) is 8.42. The molecule has 11 nitrogen and oxygen atoms in total. The monoisotopic (exact) mass is 453 g/mol. The van der Waals surface area contributed by atoms with Gasteiger partial charge in [0, 0.05) is 0 Å². The molecule has 160 valence electrons. The quantitative estimate of drug-likeness (QED) is 0.374. The average Bonchev–Trinajstić information content (AvgIpc) is 3.17. The molecule has 0 saturated carbocycles. The number of nitrogens with two attached hydrogens (primary N) is 2. The highest BCUT2D eigenvalue weighted by Gasteiger charge is 2.21. The van der Waals surface area contributed by atoms with Gasteiger partial charge in [-0.2, -0.15) is 24.6 Å². The SMILES string of the molecule is Cc1cc(C(c2ccc(S(=O)OON)c(C)c2)n2cncn2)ccc1OS(N)(=O)=O. The van der Waals surface area contributed by atoms with Gasteiger partial charge >= 0.3 is 10.3 Å². The molecule has 0 saturated heterocycles. The maximum atomic E-state index is 12.0. The second-order valence-corrected chi connectivity index (χ2v) is 8.50. The van der Waals surface area contributed by atoms with E-state index in [2.05, 4.69) is 19.4 Å². The van der Waals surface area contributed by atoms with Crippen molar-refractivity contribution in [1.82, 2.24) is 14.8 Å². The minimum Gasteiger partial charge on any atom is -0.371 e. The summed E-state index contributed by atoms with van der Waals surface area (Å²) in [7, 11) is -4.14. The first kappa shape index (κ1) is 22.0. The maximum absolute atomic E-state index is 12.0. The fourth-order valence-corrected chi connectivity index (χ4v) is 4.09. The molecule has 2 atom stereocenters. The summed E-state index contributed by atoms with van der Waals surface area (Å²) in [4.78, 5) is 8.40. The smallest absolute Gasteiger partial charge is 0.371 e. The van der Waals surface area contributed by atoms with Crippen molar-refractivity contribution < 1.29 is 26.1 Å². The second-order valence-electron chi connectivity index (χ2n) is 6.30. The van der Waals surface area contributed by atoms with E-state index in [-0.39, 0.29) is 5.75 Å². The highest BCUT2D eigenvalue weighted by atomic mass is 32.2. The largest absolute Gasteiger partial charge is 0.380 e. The van der Waals surface area contributed by atoms with Crippen LogP contribution in [0.4, 0.5) is 0 Å². The molecule has 4 N–H and O–H groups in total. The predicted molar refractivity (Wildman–Crippen MR) is 106 cm³/mol. The number of hydrogen-bond donors (Lipinski definition) is 2. The van der Waals surface area contributed by atoms with Crippen molar-refractivity contribution in [3.05, 3.63) is 71.3 Å². The van der Waals surface area contributed by atoms with Gasteiger partial charge in [0.2, 0.25) is 11.1 Å². The Hall–Kier alpha value is -2.68. The van der Waals surface area contributed by atoms with Gasteiger partial charge in [-0.3, -0.25) is 0 Å². The number of aryl methyl sites for hydroxylation is 2. The average molecular weight is 454 g/mol. The number of hydrogen-bond acceptors (Lipinski definition) is 9. The van der Waals surface area contributed by atoms with E-state index in [9.17, 15) is 12.6 Å². The lowest BCUT2D eigenvalue weighted by Gasteiger charge is -2.20. The molecule has 0 aliphatic carbocycles. The number of rotatable bonds is 8. The van der Waals surface area contributed by atoms with Crippen molar-refractivity contribution in [3.8, 4) is 5.75 Å². The summed E-state index contributed by atoms with van der Waals surface area (Å²) in [5.74, 6) is 4.93. The van der Waals surface area contributed by atoms with Crippen molar-refractivity contribution in [1.29, 1.82) is 0 Å². The van der Waals surface area contributed by atoms with E-state index in [1.807, 2.05) is 6.07 Å². The molecule has 0 aliphatic heterocycles. The molecule has 0 fully saturated rings. The van der Waals surface area contributed by atoms with Crippen LogP contribution in [0.25, 0.3) is 0 Å². The Morgan fingerprint density at radius 1 is 1.10 bits per heavy atom. The lowest BCUT2D eigenvalue weighted by Crippen LogP contribution is -2.19. The van der Waals surface area contributed by atoms with Crippen molar-refractivity contribution in [2.24, 2.45) is 11.0 Å². The van der Waals surface area contributed by atoms with Crippen LogP contribution >= 0.6 is 0 Å². The van der Waals surface area contributed by atoms with Gasteiger partial charge in [0.15, 0.2) is 0 Å². The number of nitrogens with zero attached hydrogens (tertiary/aromatic N) is 3.